The van der Waals surface area contributed by atoms with Crippen LogP contribution in [0.15, 0.2) is 60.1 Å². The molecule has 152 valence electrons. The van der Waals surface area contributed by atoms with E-state index in [1.807, 2.05) is 88.4 Å². The van der Waals surface area contributed by atoms with Crippen molar-refractivity contribution >= 4 is 19.1 Å². The predicted octanol–water partition coefficient (Wildman–Crippen LogP) is 4.63. The summed E-state index contributed by atoms with van der Waals surface area (Å²) in [6, 6.07) is 17.4. The fourth-order valence-electron chi connectivity index (χ4n) is 2.89. The van der Waals surface area contributed by atoms with Gasteiger partial charge in [0.05, 0.1) is 11.2 Å². The summed E-state index contributed by atoms with van der Waals surface area (Å²) in [5, 5.41) is 2.85. The third-order valence-corrected chi connectivity index (χ3v) is 5.31. The Morgan fingerprint density at radius 2 is 1.52 bits per heavy atom. The van der Waals surface area contributed by atoms with Crippen molar-refractivity contribution in [1.82, 2.24) is 5.32 Å². The number of nitrogens with one attached hydrogen (secondary N) is 1. The smallest absolute Gasteiger partial charge is 0.457 e. The van der Waals surface area contributed by atoms with E-state index in [4.69, 9.17) is 14.0 Å². The van der Waals surface area contributed by atoms with Crippen LogP contribution < -0.4 is 10.1 Å². The first-order valence-electron chi connectivity index (χ1n) is 9.80. The van der Waals surface area contributed by atoms with Crippen molar-refractivity contribution in [3.05, 3.63) is 65.6 Å². The van der Waals surface area contributed by atoms with Crippen LogP contribution in [0.25, 0.3) is 6.08 Å². The first kappa shape index (κ1) is 21.2. The highest BCUT2D eigenvalue weighted by Crippen LogP contribution is 2.38. The van der Waals surface area contributed by atoms with Gasteiger partial charge in [-0.05, 0) is 63.0 Å². The lowest BCUT2D eigenvalue weighted by Crippen LogP contribution is -2.41. The van der Waals surface area contributed by atoms with Crippen LogP contribution in [-0.4, -0.2) is 30.8 Å². The summed E-state index contributed by atoms with van der Waals surface area (Å²) < 4.78 is 18.2. The van der Waals surface area contributed by atoms with E-state index in [1.54, 1.807) is 0 Å². The van der Waals surface area contributed by atoms with Crippen LogP contribution in [0, 0.1) is 0 Å². The van der Waals surface area contributed by atoms with E-state index >= 15 is 0 Å². The summed E-state index contributed by atoms with van der Waals surface area (Å²) in [5.74, 6) is 1.45. The van der Waals surface area contributed by atoms with Crippen LogP contribution in [0.3, 0.4) is 0 Å². The van der Waals surface area contributed by atoms with Crippen LogP contribution in [0.4, 0.5) is 0 Å². The van der Waals surface area contributed by atoms with Gasteiger partial charge in [0.2, 0.25) is 5.91 Å². The van der Waals surface area contributed by atoms with Gasteiger partial charge in [0.25, 0.3) is 0 Å². The van der Waals surface area contributed by atoms with Crippen molar-refractivity contribution in [2.45, 2.75) is 45.8 Å². The molecule has 1 N–H and O–H groups in total. The molecule has 2 aromatic carbocycles. The molecule has 0 bridgehead atoms. The van der Waals surface area contributed by atoms with Crippen LogP contribution in [-0.2, 0) is 14.1 Å². The number of ether oxygens (including phenoxy) is 1. The molecule has 0 unspecified atom stereocenters. The molecule has 1 fully saturated rings. The number of hydrogen-bond donors (Lipinski definition) is 1. The molecule has 0 radical (unpaired) electrons. The zero-order valence-electron chi connectivity index (χ0n) is 17.7. The number of rotatable bonds is 6. The molecule has 0 atom stereocenters. The number of carbonyl (C=O) groups excluding carboxylic acids is 1. The Balaban J connectivity index is 1.79. The highest BCUT2D eigenvalue weighted by Gasteiger charge is 2.52. The van der Waals surface area contributed by atoms with Gasteiger partial charge in [0.15, 0.2) is 0 Å². The molecule has 1 aliphatic rings. The van der Waals surface area contributed by atoms with Crippen molar-refractivity contribution < 1.29 is 18.8 Å². The van der Waals surface area contributed by atoms with E-state index in [2.05, 4.69) is 5.32 Å². The Kier molecular flexibility index (Phi) is 6.15. The summed E-state index contributed by atoms with van der Waals surface area (Å²) in [7, 11) is -0.521. The van der Waals surface area contributed by atoms with E-state index < -0.39 is 18.3 Å². The van der Waals surface area contributed by atoms with Crippen molar-refractivity contribution in [2.75, 3.05) is 6.54 Å². The molecular weight excluding hydrogens is 365 g/mol. The average Bonchev–Trinajstić information content (AvgIpc) is 2.88. The molecule has 5 nitrogen and oxygen atoms in total. The Morgan fingerprint density at radius 3 is 2.07 bits per heavy atom. The highest BCUT2D eigenvalue weighted by molar-refractivity contribution is 6.56. The van der Waals surface area contributed by atoms with Gasteiger partial charge in [-0.2, -0.15) is 0 Å². The molecule has 1 amide bonds. The van der Waals surface area contributed by atoms with Gasteiger partial charge < -0.3 is 19.4 Å². The van der Waals surface area contributed by atoms with Gasteiger partial charge in [0, 0.05) is 13.5 Å². The molecule has 0 saturated carbocycles. The maximum atomic E-state index is 11.5. The third-order valence-electron chi connectivity index (χ3n) is 5.31. The number of amides is 1. The van der Waals surface area contributed by atoms with E-state index in [1.165, 1.54) is 6.92 Å². The monoisotopic (exact) mass is 393 g/mol. The molecule has 29 heavy (non-hydrogen) atoms. The molecule has 1 saturated heterocycles. The quantitative estimate of drug-likeness (QED) is 0.727. The maximum Gasteiger partial charge on any atom is 0.492 e. The summed E-state index contributed by atoms with van der Waals surface area (Å²) in [4.78, 5) is 11.5. The fraction of sp³-hybridized carbons (Fsp3) is 0.348. The average molecular weight is 393 g/mol. The Hall–Kier alpha value is -2.57. The summed E-state index contributed by atoms with van der Waals surface area (Å²) in [6.45, 7) is 9.90. The number of para-hydroxylation sites is 1. The van der Waals surface area contributed by atoms with Gasteiger partial charge in [-0.25, -0.2) is 0 Å². The second-order valence-corrected chi connectivity index (χ2v) is 8.20. The zero-order chi connectivity index (χ0) is 21.1. The minimum atomic E-state index is -0.521. The molecule has 1 aliphatic heterocycles. The summed E-state index contributed by atoms with van der Waals surface area (Å²) in [6.07, 6.45) is 1.99. The Bertz CT molecular complexity index is 860. The van der Waals surface area contributed by atoms with Crippen LogP contribution in [0.1, 0.15) is 40.2 Å². The lowest BCUT2D eigenvalue weighted by Gasteiger charge is -2.32. The van der Waals surface area contributed by atoms with Crippen molar-refractivity contribution in [2.24, 2.45) is 0 Å². The topological polar surface area (TPSA) is 56.8 Å². The number of benzene rings is 2. The minimum Gasteiger partial charge on any atom is -0.457 e. The van der Waals surface area contributed by atoms with Gasteiger partial charge in [-0.1, -0.05) is 36.4 Å². The maximum absolute atomic E-state index is 11.5. The van der Waals surface area contributed by atoms with E-state index in [0.29, 0.717) is 6.54 Å². The van der Waals surface area contributed by atoms with Crippen molar-refractivity contribution in [3.63, 3.8) is 0 Å². The fourth-order valence-corrected chi connectivity index (χ4v) is 2.89. The SMILES string of the molecule is CC(=O)NCC(=Cc1ccc(Oc2ccccc2)cc1)B1OC(C)(C)C(C)(C)O1. The van der Waals surface area contributed by atoms with Gasteiger partial charge in [0.1, 0.15) is 11.5 Å². The van der Waals surface area contributed by atoms with E-state index in [9.17, 15) is 4.79 Å². The molecule has 3 rings (SSSR count). The first-order valence-corrected chi connectivity index (χ1v) is 9.80. The third kappa shape index (κ3) is 5.28. The summed E-state index contributed by atoms with van der Waals surface area (Å²) in [5.41, 5.74) is 0.942. The van der Waals surface area contributed by atoms with E-state index in [0.717, 1.165) is 22.5 Å². The Morgan fingerprint density at radius 1 is 0.966 bits per heavy atom. The minimum absolute atomic E-state index is 0.0981. The molecule has 6 heteroatoms. The molecule has 0 aliphatic carbocycles. The predicted molar refractivity (Wildman–Crippen MR) is 116 cm³/mol. The normalized spacial score (nSPS) is 17.8. The van der Waals surface area contributed by atoms with Gasteiger partial charge in [-0.15, -0.1) is 0 Å². The second kappa shape index (κ2) is 8.43. The number of carbonyl (C=O) groups is 1. The van der Waals surface area contributed by atoms with Crippen LogP contribution in [0.2, 0.25) is 0 Å². The van der Waals surface area contributed by atoms with Crippen molar-refractivity contribution in [1.29, 1.82) is 0 Å². The van der Waals surface area contributed by atoms with Crippen molar-refractivity contribution in [3.8, 4) is 11.5 Å². The highest BCUT2D eigenvalue weighted by atomic mass is 16.7. The van der Waals surface area contributed by atoms with Crippen LogP contribution in [0.5, 0.6) is 11.5 Å². The van der Waals surface area contributed by atoms with E-state index in [-0.39, 0.29) is 5.91 Å². The van der Waals surface area contributed by atoms with Gasteiger partial charge in [-0.3, -0.25) is 4.79 Å². The second-order valence-electron chi connectivity index (χ2n) is 8.20. The van der Waals surface area contributed by atoms with Crippen LogP contribution >= 0.6 is 0 Å². The molecular formula is C23H28BNO4. The lowest BCUT2D eigenvalue weighted by atomic mass is 9.77. The lowest BCUT2D eigenvalue weighted by molar-refractivity contribution is -0.118. The molecule has 0 aromatic heterocycles. The number of hydrogen-bond acceptors (Lipinski definition) is 4. The molecule has 0 spiro atoms. The van der Waals surface area contributed by atoms with Gasteiger partial charge >= 0.3 is 7.12 Å². The standard InChI is InChI=1S/C23H28BNO4/c1-17(26)25-16-19(24-28-22(2,3)23(4,5)29-24)15-18-11-13-21(14-12-18)27-20-9-7-6-8-10-20/h6-15H,16H2,1-5H3,(H,25,26). The summed E-state index contributed by atoms with van der Waals surface area (Å²) >= 11 is 0. The molecule has 2 aromatic rings. The Labute approximate surface area is 173 Å². The largest absolute Gasteiger partial charge is 0.492 e. The molecule has 1 heterocycles. The zero-order valence-corrected chi connectivity index (χ0v) is 17.7. The first-order chi connectivity index (χ1) is 13.7.